The molecule has 1 saturated carbocycles. The molecular formula is C16H24O3. The minimum atomic E-state index is -0.476. The quantitative estimate of drug-likeness (QED) is 0.681. The average molecular weight is 264 g/mol. The molecule has 0 aromatic heterocycles. The zero-order valence-electron chi connectivity index (χ0n) is 12.4. The first kappa shape index (κ1) is 14.3. The predicted molar refractivity (Wildman–Crippen MR) is 73.6 cm³/mol. The highest BCUT2D eigenvalue weighted by molar-refractivity contribution is 5.94. The van der Waals surface area contributed by atoms with Gasteiger partial charge in [0.1, 0.15) is 11.4 Å². The Morgan fingerprint density at radius 3 is 2.68 bits per heavy atom. The molecule has 2 atom stereocenters. The second-order valence-corrected chi connectivity index (χ2v) is 6.98. The summed E-state index contributed by atoms with van der Waals surface area (Å²) in [6.07, 6.45) is 5.95. The summed E-state index contributed by atoms with van der Waals surface area (Å²) in [5, 5.41) is 0. The van der Waals surface area contributed by atoms with Crippen LogP contribution in [-0.4, -0.2) is 17.4 Å². The third kappa shape index (κ3) is 2.75. The number of carbonyl (C=O) groups is 2. The van der Waals surface area contributed by atoms with Gasteiger partial charge in [0.15, 0.2) is 0 Å². The van der Waals surface area contributed by atoms with Crippen LogP contribution in [-0.2, 0) is 14.3 Å². The fourth-order valence-electron chi connectivity index (χ4n) is 3.25. The molecule has 0 heterocycles. The van der Waals surface area contributed by atoms with E-state index >= 15 is 0 Å². The lowest BCUT2D eigenvalue weighted by Crippen LogP contribution is -2.39. The van der Waals surface area contributed by atoms with Gasteiger partial charge in [-0.15, -0.1) is 0 Å². The van der Waals surface area contributed by atoms with Crippen molar-refractivity contribution >= 4 is 11.8 Å². The molecule has 1 fully saturated rings. The number of ketones is 1. The monoisotopic (exact) mass is 264 g/mol. The Kier molecular flexibility index (Phi) is 3.59. The maximum absolute atomic E-state index is 12.3. The van der Waals surface area contributed by atoms with E-state index in [-0.39, 0.29) is 11.4 Å². The second kappa shape index (κ2) is 4.77. The molecule has 2 unspecified atom stereocenters. The highest BCUT2D eigenvalue weighted by atomic mass is 16.6. The molecule has 106 valence electrons. The van der Waals surface area contributed by atoms with E-state index in [9.17, 15) is 9.59 Å². The van der Waals surface area contributed by atoms with E-state index in [1.165, 1.54) is 0 Å². The average Bonchev–Trinajstić information content (AvgIpc) is 2.70. The molecule has 2 rings (SSSR count). The molecule has 0 aliphatic heterocycles. The van der Waals surface area contributed by atoms with Crippen LogP contribution in [0.3, 0.4) is 0 Å². The summed E-state index contributed by atoms with van der Waals surface area (Å²) < 4.78 is 5.41. The van der Waals surface area contributed by atoms with Gasteiger partial charge in [0.25, 0.3) is 0 Å². The van der Waals surface area contributed by atoms with Crippen LogP contribution in [0.25, 0.3) is 0 Å². The van der Waals surface area contributed by atoms with Gasteiger partial charge in [-0.1, -0.05) is 13.0 Å². The summed E-state index contributed by atoms with van der Waals surface area (Å²) in [4.78, 5) is 24.4. The van der Waals surface area contributed by atoms with Gasteiger partial charge in [0.2, 0.25) is 0 Å². The largest absolute Gasteiger partial charge is 0.457 e. The first-order chi connectivity index (χ1) is 8.74. The van der Waals surface area contributed by atoms with Crippen molar-refractivity contribution in [2.45, 2.75) is 65.4 Å². The summed E-state index contributed by atoms with van der Waals surface area (Å²) >= 11 is 0. The zero-order chi connectivity index (χ0) is 14.3. The van der Waals surface area contributed by atoms with Crippen LogP contribution in [0.15, 0.2) is 11.6 Å². The Hall–Kier alpha value is -1.12. The summed E-state index contributed by atoms with van der Waals surface area (Å²) in [7, 11) is 0. The first-order valence-corrected chi connectivity index (χ1v) is 7.20. The van der Waals surface area contributed by atoms with E-state index in [2.05, 4.69) is 6.92 Å². The molecule has 0 N–H and O–H groups in total. The molecule has 0 bridgehead atoms. The predicted octanol–water partition coefficient (Wildman–Crippen LogP) is 3.42. The van der Waals surface area contributed by atoms with Gasteiger partial charge >= 0.3 is 5.97 Å². The number of Topliss-reactive ketones (excluding diaryl/α,β-unsaturated/α-hetero) is 1. The molecule has 1 spiro atoms. The van der Waals surface area contributed by atoms with Crippen LogP contribution in [0.2, 0.25) is 0 Å². The Morgan fingerprint density at radius 2 is 2.11 bits per heavy atom. The van der Waals surface area contributed by atoms with Crippen LogP contribution in [0.1, 0.15) is 59.8 Å². The van der Waals surface area contributed by atoms with Gasteiger partial charge in [-0.3, -0.25) is 4.79 Å². The minimum absolute atomic E-state index is 0.255. The molecular weight excluding hydrogens is 240 g/mol. The number of carbonyl (C=O) groups excluding carboxylic acids is 2. The Morgan fingerprint density at radius 1 is 1.42 bits per heavy atom. The van der Waals surface area contributed by atoms with Crippen molar-refractivity contribution in [1.82, 2.24) is 0 Å². The van der Waals surface area contributed by atoms with Crippen molar-refractivity contribution in [1.29, 1.82) is 0 Å². The lowest BCUT2D eigenvalue weighted by molar-refractivity contribution is -0.150. The van der Waals surface area contributed by atoms with E-state index in [4.69, 9.17) is 4.74 Å². The van der Waals surface area contributed by atoms with Crippen molar-refractivity contribution in [3.8, 4) is 0 Å². The van der Waals surface area contributed by atoms with Gasteiger partial charge in [-0.25, -0.2) is 4.79 Å². The third-order valence-electron chi connectivity index (χ3n) is 4.42. The minimum Gasteiger partial charge on any atom is -0.457 e. The standard InChI is InChI=1S/C16H24O3/c1-11-6-5-7-13(17)16(11)9-8-12(10-16)14(18)19-15(2,3)4/h8,11H,5-7,9-10H2,1-4H3. The lowest BCUT2D eigenvalue weighted by Gasteiger charge is -2.38. The molecule has 0 radical (unpaired) electrons. The third-order valence-corrected chi connectivity index (χ3v) is 4.42. The van der Waals surface area contributed by atoms with E-state index in [0.29, 0.717) is 36.5 Å². The number of hydrogen-bond acceptors (Lipinski definition) is 3. The van der Waals surface area contributed by atoms with Crippen LogP contribution in [0, 0.1) is 11.3 Å². The second-order valence-electron chi connectivity index (χ2n) is 6.98. The van der Waals surface area contributed by atoms with Crippen molar-refractivity contribution < 1.29 is 14.3 Å². The summed E-state index contributed by atoms with van der Waals surface area (Å²) in [6.45, 7) is 7.74. The summed E-state index contributed by atoms with van der Waals surface area (Å²) in [5.41, 5.74) is -0.0996. The molecule has 19 heavy (non-hydrogen) atoms. The van der Waals surface area contributed by atoms with Crippen LogP contribution < -0.4 is 0 Å². The maximum Gasteiger partial charge on any atom is 0.334 e. The summed E-state index contributed by atoms with van der Waals surface area (Å²) in [5.74, 6) is 0.445. The normalized spacial score (nSPS) is 31.5. The van der Waals surface area contributed by atoms with Gasteiger partial charge in [0.05, 0.1) is 0 Å². The number of allylic oxidation sites excluding steroid dienone is 1. The van der Waals surface area contributed by atoms with E-state index < -0.39 is 5.60 Å². The van der Waals surface area contributed by atoms with Gasteiger partial charge in [-0.05, 0) is 52.4 Å². The van der Waals surface area contributed by atoms with Gasteiger partial charge < -0.3 is 4.74 Å². The Labute approximate surface area is 115 Å². The Bertz CT molecular complexity index is 428. The van der Waals surface area contributed by atoms with Crippen molar-refractivity contribution in [2.75, 3.05) is 0 Å². The highest BCUT2D eigenvalue weighted by Gasteiger charge is 2.48. The highest BCUT2D eigenvalue weighted by Crippen LogP contribution is 2.50. The van der Waals surface area contributed by atoms with Crippen LogP contribution >= 0.6 is 0 Å². The van der Waals surface area contributed by atoms with E-state index in [1.54, 1.807) is 0 Å². The lowest BCUT2D eigenvalue weighted by atomic mass is 9.64. The molecule has 0 aromatic rings. The molecule has 2 aliphatic rings. The molecule has 0 aromatic carbocycles. The molecule has 0 amide bonds. The molecule has 2 aliphatic carbocycles. The Balaban J connectivity index is 2.09. The van der Waals surface area contributed by atoms with Crippen molar-refractivity contribution in [3.63, 3.8) is 0 Å². The summed E-state index contributed by atoms with van der Waals surface area (Å²) in [6, 6.07) is 0. The number of ether oxygens (including phenoxy) is 1. The van der Waals surface area contributed by atoms with Crippen LogP contribution in [0.5, 0.6) is 0 Å². The number of rotatable bonds is 1. The molecule has 3 nitrogen and oxygen atoms in total. The smallest absolute Gasteiger partial charge is 0.334 e. The van der Waals surface area contributed by atoms with Gasteiger partial charge in [0, 0.05) is 17.4 Å². The fraction of sp³-hybridized carbons (Fsp3) is 0.750. The SMILES string of the molecule is CC1CCCC(=O)C12CC=C(C(=O)OC(C)(C)C)C2. The molecule has 3 heteroatoms. The molecule has 0 saturated heterocycles. The fourth-order valence-corrected chi connectivity index (χ4v) is 3.25. The van der Waals surface area contributed by atoms with Gasteiger partial charge in [-0.2, -0.15) is 0 Å². The van der Waals surface area contributed by atoms with E-state index in [1.807, 2.05) is 26.8 Å². The van der Waals surface area contributed by atoms with Crippen molar-refractivity contribution in [2.24, 2.45) is 11.3 Å². The van der Waals surface area contributed by atoms with Crippen LogP contribution in [0.4, 0.5) is 0 Å². The number of hydrogen-bond donors (Lipinski definition) is 0. The maximum atomic E-state index is 12.3. The van der Waals surface area contributed by atoms with E-state index in [0.717, 1.165) is 12.8 Å². The zero-order valence-corrected chi connectivity index (χ0v) is 12.4. The van der Waals surface area contributed by atoms with Crippen molar-refractivity contribution in [3.05, 3.63) is 11.6 Å². The number of esters is 1. The topological polar surface area (TPSA) is 43.4 Å². The first-order valence-electron chi connectivity index (χ1n) is 7.20.